The molecule has 1 aliphatic carbocycles. The number of carbonyl (C=O) groups is 1. The molecule has 0 aromatic heterocycles. The molecule has 0 aromatic carbocycles. The van der Waals surface area contributed by atoms with Crippen molar-refractivity contribution in [3.05, 3.63) is 0 Å². The van der Waals surface area contributed by atoms with Crippen molar-refractivity contribution >= 4 is 5.91 Å². The van der Waals surface area contributed by atoms with Gasteiger partial charge in [-0.15, -0.1) is 0 Å². The van der Waals surface area contributed by atoms with Crippen molar-refractivity contribution in [3.8, 4) is 0 Å². The molecule has 3 nitrogen and oxygen atoms in total. The number of hydrogen-bond donors (Lipinski definition) is 2. The largest absolute Gasteiger partial charge is 0.353 e. The van der Waals surface area contributed by atoms with Crippen LogP contribution in [0, 0.1) is 11.8 Å². The molecule has 0 aliphatic heterocycles. The van der Waals surface area contributed by atoms with Crippen LogP contribution in [-0.4, -0.2) is 18.5 Å². The third-order valence-corrected chi connectivity index (χ3v) is 4.53. The normalized spacial score (nSPS) is 19.9. The first-order chi connectivity index (χ1) is 9.17. The predicted octanol–water partition coefficient (Wildman–Crippen LogP) is 3.23. The van der Waals surface area contributed by atoms with E-state index in [1.807, 2.05) is 0 Å². The Balaban J connectivity index is 2.27. The van der Waals surface area contributed by atoms with Gasteiger partial charge in [0.25, 0.3) is 0 Å². The molecule has 1 rings (SSSR count). The van der Waals surface area contributed by atoms with Crippen molar-refractivity contribution in [3.63, 3.8) is 0 Å². The molecule has 19 heavy (non-hydrogen) atoms. The Morgan fingerprint density at radius 1 is 1.26 bits per heavy atom. The number of nitrogens with one attached hydrogen (secondary N) is 1. The molecule has 0 spiro atoms. The van der Waals surface area contributed by atoms with Crippen molar-refractivity contribution in [2.24, 2.45) is 17.6 Å². The van der Waals surface area contributed by atoms with Crippen LogP contribution in [0.5, 0.6) is 0 Å². The van der Waals surface area contributed by atoms with Crippen LogP contribution in [0.15, 0.2) is 0 Å². The van der Waals surface area contributed by atoms with Gasteiger partial charge in [-0.1, -0.05) is 33.1 Å². The van der Waals surface area contributed by atoms with Crippen molar-refractivity contribution in [1.82, 2.24) is 5.32 Å². The van der Waals surface area contributed by atoms with E-state index in [0.29, 0.717) is 24.3 Å². The van der Waals surface area contributed by atoms with E-state index in [1.54, 1.807) is 0 Å². The van der Waals surface area contributed by atoms with Crippen molar-refractivity contribution in [2.45, 2.75) is 77.7 Å². The first-order valence-corrected chi connectivity index (χ1v) is 8.16. The second-order valence-corrected chi connectivity index (χ2v) is 6.20. The predicted molar refractivity (Wildman–Crippen MR) is 80.9 cm³/mol. The molecular weight excluding hydrogens is 236 g/mol. The highest BCUT2D eigenvalue weighted by molar-refractivity contribution is 5.76. The highest BCUT2D eigenvalue weighted by Gasteiger charge is 2.23. The van der Waals surface area contributed by atoms with E-state index < -0.39 is 0 Å². The fraction of sp³-hybridized carbons (Fsp3) is 0.938. The maximum atomic E-state index is 12.0. The summed E-state index contributed by atoms with van der Waals surface area (Å²) in [6.07, 6.45) is 10.3. The highest BCUT2D eigenvalue weighted by atomic mass is 16.1. The van der Waals surface area contributed by atoms with Crippen molar-refractivity contribution in [2.75, 3.05) is 6.54 Å². The number of carbonyl (C=O) groups excluding carboxylic acids is 1. The molecule has 0 radical (unpaired) electrons. The Bertz CT molecular complexity index is 249. The van der Waals surface area contributed by atoms with E-state index in [-0.39, 0.29) is 5.91 Å². The van der Waals surface area contributed by atoms with Gasteiger partial charge in [-0.05, 0) is 50.5 Å². The zero-order valence-corrected chi connectivity index (χ0v) is 12.8. The topological polar surface area (TPSA) is 55.1 Å². The molecule has 3 N–H and O–H groups in total. The molecular formula is C16H32N2O. The Morgan fingerprint density at radius 2 is 1.95 bits per heavy atom. The number of rotatable bonds is 8. The van der Waals surface area contributed by atoms with Gasteiger partial charge in [-0.25, -0.2) is 0 Å². The van der Waals surface area contributed by atoms with Gasteiger partial charge in [0.15, 0.2) is 0 Å². The zero-order chi connectivity index (χ0) is 14.1. The summed E-state index contributed by atoms with van der Waals surface area (Å²) in [6, 6.07) is 0.401. The summed E-state index contributed by atoms with van der Waals surface area (Å²) in [4.78, 5) is 12.0. The first kappa shape index (κ1) is 16.5. The van der Waals surface area contributed by atoms with Crippen LogP contribution in [0.25, 0.3) is 0 Å². The van der Waals surface area contributed by atoms with Gasteiger partial charge >= 0.3 is 0 Å². The molecule has 0 saturated heterocycles. The minimum absolute atomic E-state index is 0.237. The van der Waals surface area contributed by atoms with Gasteiger partial charge in [-0.2, -0.15) is 0 Å². The highest BCUT2D eigenvalue weighted by Crippen LogP contribution is 2.27. The average molecular weight is 268 g/mol. The number of nitrogens with two attached hydrogens (primary N) is 1. The Labute approximate surface area is 118 Å². The zero-order valence-electron chi connectivity index (χ0n) is 12.8. The summed E-state index contributed by atoms with van der Waals surface area (Å²) < 4.78 is 0. The molecule has 112 valence electrons. The SMILES string of the molecule is CCC(NC(=O)CCC(C)CCN)C1CCCCC1. The van der Waals surface area contributed by atoms with Gasteiger partial charge in [0, 0.05) is 12.5 Å². The summed E-state index contributed by atoms with van der Waals surface area (Å²) in [6.45, 7) is 5.09. The third kappa shape index (κ3) is 6.42. The molecule has 3 heteroatoms. The van der Waals surface area contributed by atoms with E-state index in [4.69, 9.17) is 5.73 Å². The molecule has 1 amide bonds. The van der Waals surface area contributed by atoms with E-state index in [2.05, 4.69) is 19.2 Å². The van der Waals surface area contributed by atoms with E-state index in [0.717, 1.165) is 25.8 Å². The molecule has 0 aromatic rings. The second-order valence-electron chi connectivity index (χ2n) is 6.20. The van der Waals surface area contributed by atoms with Gasteiger partial charge < -0.3 is 11.1 Å². The lowest BCUT2D eigenvalue weighted by molar-refractivity contribution is -0.122. The molecule has 2 atom stereocenters. The molecule has 2 unspecified atom stereocenters. The van der Waals surface area contributed by atoms with E-state index in [1.165, 1.54) is 32.1 Å². The quantitative estimate of drug-likeness (QED) is 0.710. The van der Waals surface area contributed by atoms with Gasteiger partial charge in [-0.3, -0.25) is 4.79 Å². The molecule has 1 aliphatic rings. The van der Waals surface area contributed by atoms with Gasteiger partial charge in [0.05, 0.1) is 0 Å². The van der Waals surface area contributed by atoms with Gasteiger partial charge in [0.2, 0.25) is 5.91 Å². The van der Waals surface area contributed by atoms with Crippen LogP contribution in [0.1, 0.15) is 71.6 Å². The Morgan fingerprint density at radius 3 is 2.53 bits per heavy atom. The van der Waals surface area contributed by atoms with E-state index >= 15 is 0 Å². The monoisotopic (exact) mass is 268 g/mol. The van der Waals surface area contributed by atoms with Crippen LogP contribution in [-0.2, 0) is 4.79 Å². The lowest BCUT2D eigenvalue weighted by atomic mass is 9.83. The smallest absolute Gasteiger partial charge is 0.220 e. The van der Waals surface area contributed by atoms with Gasteiger partial charge in [0.1, 0.15) is 0 Å². The van der Waals surface area contributed by atoms with Crippen LogP contribution in [0.4, 0.5) is 0 Å². The lowest BCUT2D eigenvalue weighted by Crippen LogP contribution is -2.40. The maximum absolute atomic E-state index is 12.0. The Kier molecular flexibility index (Phi) is 8.11. The fourth-order valence-corrected chi connectivity index (χ4v) is 3.18. The number of hydrogen-bond acceptors (Lipinski definition) is 2. The summed E-state index contributed by atoms with van der Waals surface area (Å²) in [5, 5.41) is 3.26. The van der Waals surface area contributed by atoms with Crippen LogP contribution in [0.3, 0.4) is 0 Å². The second kappa shape index (κ2) is 9.35. The standard InChI is InChI=1S/C16H32N2O/c1-3-15(14-7-5-4-6-8-14)18-16(19)10-9-13(2)11-12-17/h13-15H,3-12,17H2,1-2H3,(H,18,19). The van der Waals surface area contributed by atoms with Crippen molar-refractivity contribution < 1.29 is 4.79 Å². The Hall–Kier alpha value is -0.570. The van der Waals surface area contributed by atoms with Crippen LogP contribution in [0.2, 0.25) is 0 Å². The minimum Gasteiger partial charge on any atom is -0.353 e. The maximum Gasteiger partial charge on any atom is 0.220 e. The number of amides is 1. The minimum atomic E-state index is 0.237. The lowest BCUT2D eigenvalue weighted by Gasteiger charge is -2.30. The first-order valence-electron chi connectivity index (χ1n) is 8.16. The van der Waals surface area contributed by atoms with Crippen LogP contribution >= 0.6 is 0 Å². The van der Waals surface area contributed by atoms with E-state index in [9.17, 15) is 4.79 Å². The fourth-order valence-electron chi connectivity index (χ4n) is 3.18. The molecule has 0 bridgehead atoms. The van der Waals surface area contributed by atoms with Crippen LogP contribution < -0.4 is 11.1 Å². The summed E-state index contributed by atoms with van der Waals surface area (Å²) >= 11 is 0. The molecule has 0 heterocycles. The summed E-state index contributed by atoms with van der Waals surface area (Å²) in [5.41, 5.74) is 5.54. The summed E-state index contributed by atoms with van der Waals surface area (Å²) in [5.74, 6) is 1.51. The molecule has 1 saturated carbocycles. The average Bonchev–Trinajstić information content (AvgIpc) is 2.44. The third-order valence-electron chi connectivity index (χ3n) is 4.53. The molecule has 1 fully saturated rings. The summed E-state index contributed by atoms with van der Waals surface area (Å²) in [7, 11) is 0. The van der Waals surface area contributed by atoms with Crippen molar-refractivity contribution in [1.29, 1.82) is 0 Å².